The molecule has 1 fully saturated rings. The molecule has 0 atom stereocenters. The number of benzene rings is 5. The summed E-state index contributed by atoms with van der Waals surface area (Å²) in [7, 11) is 0. The van der Waals surface area contributed by atoms with Crippen molar-refractivity contribution in [1.29, 1.82) is 0 Å². The number of hydrogen-bond donors (Lipinski definition) is 0. The monoisotopic (exact) mass is 603 g/mol. The largest absolute Gasteiger partial charge is 0.380 e. The van der Waals surface area contributed by atoms with E-state index >= 15 is 0 Å². The van der Waals surface area contributed by atoms with E-state index in [4.69, 9.17) is 24.4 Å². The van der Waals surface area contributed by atoms with Crippen molar-refractivity contribution in [2.45, 2.75) is 19.8 Å². The summed E-state index contributed by atoms with van der Waals surface area (Å²) in [5.41, 5.74) is 8.76. The normalized spacial score (nSPS) is 13.7. The minimum Gasteiger partial charge on any atom is -0.380 e. The fraction of sp³-hybridized carbons (Fsp3) is 0.195. The van der Waals surface area contributed by atoms with Crippen LogP contribution in [0.1, 0.15) is 18.9 Å². The molecule has 228 valence electrons. The Hall–Kier alpha value is -4.97. The second-order valence-electron chi connectivity index (χ2n) is 12.0. The first-order valence-electron chi connectivity index (χ1n) is 16.0. The van der Waals surface area contributed by atoms with Crippen molar-refractivity contribution in [3.05, 3.63) is 139 Å². The van der Waals surface area contributed by atoms with Gasteiger partial charge in [0, 0.05) is 22.1 Å². The molecule has 7 rings (SSSR count). The molecular weight excluding hydrogens is 566 g/mol. The highest BCUT2D eigenvalue weighted by molar-refractivity contribution is 5.74. The summed E-state index contributed by atoms with van der Waals surface area (Å²) in [6.07, 6.45) is 1.90. The molecule has 5 aromatic carbocycles. The summed E-state index contributed by atoms with van der Waals surface area (Å²) < 4.78 is 11.6. The van der Waals surface area contributed by atoms with Crippen molar-refractivity contribution in [1.82, 2.24) is 15.0 Å². The van der Waals surface area contributed by atoms with Gasteiger partial charge in [0.15, 0.2) is 17.5 Å². The van der Waals surface area contributed by atoms with Gasteiger partial charge in [-0.2, -0.15) is 0 Å². The third-order valence-corrected chi connectivity index (χ3v) is 8.79. The standard InChI is InChI=1S/C41H37N3O2/c1-2-41(28-46-29-41)27-45-23-22-30-12-9-19-35(24-30)38-42-39(36-20-10-17-33(25-36)31-13-5-3-6-14-31)44-40(43-38)37-21-11-18-34(26-37)32-15-7-4-8-16-32/h3-21,24-26H,2,22-23,27-29H2,1H3. The first-order valence-corrected chi connectivity index (χ1v) is 16.0. The van der Waals surface area contributed by atoms with E-state index in [0.29, 0.717) is 24.1 Å². The first kappa shape index (κ1) is 29.7. The predicted octanol–water partition coefficient (Wildman–Crippen LogP) is 9.19. The van der Waals surface area contributed by atoms with Crippen LogP contribution in [0.25, 0.3) is 56.4 Å². The van der Waals surface area contributed by atoms with Crippen LogP contribution in [0.5, 0.6) is 0 Å². The third-order valence-electron chi connectivity index (χ3n) is 8.79. The molecule has 0 N–H and O–H groups in total. The van der Waals surface area contributed by atoms with E-state index in [1.54, 1.807) is 0 Å². The van der Waals surface area contributed by atoms with Crippen LogP contribution in [0.4, 0.5) is 0 Å². The Morgan fingerprint density at radius 2 is 1.00 bits per heavy atom. The van der Waals surface area contributed by atoms with Gasteiger partial charge in [0.1, 0.15) is 0 Å². The fourth-order valence-electron chi connectivity index (χ4n) is 5.83. The Kier molecular flexibility index (Phi) is 8.77. The molecule has 0 aliphatic carbocycles. The molecule has 1 aliphatic heterocycles. The van der Waals surface area contributed by atoms with Gasteiger partial charge in [-0.15, -0.1) is 0 Å². The predicted molar refractivity (Wildman–Crippen MR) is 185 cm³/mol. The van der Waals surface area contributed by atoms with Crippen molar-refractivity contribution in [2.75, 3.05) is 26.4 Å². The molecule has 1 aromatic heterocycles. The van der Waals surface area contributed by atoms with Gasteiger partial charge in [0.2, 0.25) is 0 Å². The topological polar surface area (TPSA) is 57.1 Å². The lowest BCUT2D eigenvalue weighted by Crippen LogP contribution is -2.45. The lowest BCUT2D eigenvalue weighted by Gasteiger charge is -2.40. The highest BCUT2D eigenvalue weighted by atomic mass is 16.5. The Morgan fingerprint density at radius 3 is 1.48 bits per heavy atom. The van der Waals surface area contributed by atoms with E-state index in [2.05, 4.69) is 128 Å². The summed E-state index contributed by atoms with van der Waals surface area (Å²) in [6.45, 7) is 5.21. The van der Waals surface area contributed by atoms with Crippen molar-refractivity contribution < 1.29 is 9.47 Å². The Bertz CT molecular complexity index is 1810. The quantitative estimate of drug-likeness (QED) is 0.138. The van der Waals surface area contributed by atoms with E-state index < -0.39 is 0 Å². The third kappa shape index (κ3) is 6.66. The van der Waals surface area contributed by atoms with Crippen LogP contribution >= 0.6 is 0 Å². The second-order valence-corrected chi connectivity index (χ2v) is 12.0. The smallest absolute Gasteiger partial charge is 0.164 e. The summed E-state index contributed by atoms with van der Waals surface area (Å²) in [5.74, 6) is 1.93. The molecule has 0 bridgehead atoms. The Morgan fingerprint density at radius 1 is 0.543 bits per heavy atom. The van der Waals surface area contributed by atoms with Crippen LogP contribution in [0.2, 0.25) is 0 Å². The molecule has 5 heteroatoms. The van der Waals surface area contributed by atoms with Crippen LogP contribution in [-0.2, 0) is 15.9 Å². The number of hydrogen-bond acceptors (Lipinski definition) is 5. The van der Waals surface area contributed by atoms with Gasteiger partial charge in [-0.3, -0.25) is 0 Å². The van der Waals surface area contributed by atoms with Crippen LogP contribution < -0.4 is 0 Å². The average Bonchev–Trinajstić information content (AvgIpc) is 3.12. The number of ether oxygens (including phenoxy) is 2. The highest BCUT2D eigenvalue weighted by Gasteiger charge is 2.36. The van der Waals surface area contributed by atoms with Crippen LogP contribution in [-0.4, -0.2) is 41.4 Å². The molecule has 46 heavy (non-hydrogen) atoms. The molecule has 0 spiro atoms. The minimum absolute atomic E-state index is 0.190. The molecule has 0 saturated carbocycles. The van der Waals surface area contributed by atoms with Gasteiger partial charge in [0.25, 0.3) is 0 Å². The van der Waals surface area contributed by atoms with Gasteiger partial charge in [-0.25, -0.2) is 15.0 Å². The van der Waals surface area contributed by atoms with Crippen LogP contribution in [0.3, 0.4) is 0 Å². The summed E-state index contributed by atoms with van der Waals surface area (Å²) in [5, 5.41) is 0. The summed E-state index contributed by atoms with van der Waals surface area (Å²) in [6, 6.07) is 46.1. The molecule has 0 unspecified atom stereocenters. The number of nitrogens with zero attached hydrogens (tertiary/aromatic N) is 3. The maximum absolute atomic E-state index is 6.11. The molecule has 1 saturated heterocycles. The van der Waals surface area contributed by atoms with Crippen molar-refractivity contribution in [3.63, 3.8) is 0 Å². The van der Waals surface area contributed by atoms with Crippen molar-refractivity contribution in [2.24, 2.45) is 5.41 Å². The molecule has 6 aromatic rings. The lowest BCUT2D eigenvalue weighted by molar-refractivity contribution is -0.149. The Balaban J connectivity index is 1.24. The van der Waals surface area contributed by atoms with Crippen molar-refractivity contribution in [3.8, 4) is 56.4 Å². The van der Waals surface area contributed by atoms with Gasteiger partial charge in [-0.1, -0.05) is 122 Å². The van der Waals surface area contributed by atoms with E-state index in [9.17, 15) is 0 Å². The van der Waals surface area contributed by atoms with E-state index in [0.717, 1.165) is 71.6 Å². The summed E-state index contributed by atoms with van der Waals surface area (Å²) >= 11 is 0. The van der Waals surface area contributed by atoms with Crippen LogP contribution in [0.15, 0.2) is 133 Å². The van der Waals surface area contributed by atoms with E-state index in [-0.39, 0.29) is 5.41 Å². The SMILES string of the molecule is CCC1(COCCc2cccc(-c3nc(-c4cccc(-c5ccccc5)c4)nc(-c4cccc(-c5ccccc5)c4)n3)c2)COC1. The highest BCUT2D eigenvalue weighted by Crippen LogP contribution is 2.32. The lowest BCUT2D eigenvalue weighted by atomic mass is 9.84. The molecule has 2 heterocycles. The first-order chi connectivity index (χ1) is 22.7. The zero-order valence-electron chi connectivity index (χ0n) is 26.1. The van der Waals surface area contributed by atoms with E-state index in [1.807, 2.05) is 12.1 Å². The zero-order valence-corrected chi connectivity index (χ0v) is 26.1. The summed E-state index contributed by atoms with van der Waals surface area (Å²) in [4.78, 5) is 15.1. The number of rotatable bonds is 11. The van der Waals surface area contributed by atoms with Gasteiger partial charge >= 0.3 is 0 Å². The molecule has 0 radical (unpaired) electrons. The molecular formula is C41H37N3O2. The van der Waals surface area contributed by atoms with Gasteiger partial charge < -0.3 is 9.47 Å². The molecule has 5 nitrogen and oxygen atoms in total. The maximum Gasteiger partial charge on any atom is 0.164 e. The second kappa shape index (κ2) is 13.6. The molecule has 1 aliphatic rings. The molecule has 0 amide bonds. The van der Waals surface area contributed by atoms with Gasteiger partial charge in [0.05, 0.1) is 26.4 Å². The van der Waals surface area contributed by atoms with E-state index in [1.165, 1.54) is 5.56 Å². The van der Waals surface area contributed by atoms with Crippen LogP contribution in [0, 0.1) is 5.41 Å². The zero-order chi connectivity index (χ0) is 31.2. The average molecular weight is 604 g/mol. The minimum atomic E-state index is 0.190. The fourth-order valence-corrected chi connectivity index (χ4v) is 5.83. The maximum atomic E-state index is 6.11. The Labute approximate surface area is 271 Å². The number of aromatic nitrogens is 3. The van der Waals surface area contributed by atoms with Gasteiger partial charge in [-0.05, 0) is 58.9 Å². The van der Waals surface area contributed by atoms with Crippen molar-refractivity contribution >= 4 is 0 Å².